The predicted octanol–water partition coefficient (Wildman–Crippen LogP) is -1.02. The van der Waals surface area contributed by atoms with E-state index in [1.54, 1.807) is 7.05 Å². The third-order valence-corrected chi connectivity index (χ3v) is 4.95. The van der Waals surface area contributed by atoms with E-state index in [0.29, 0.717) is 19.5 Å². The summed E-state index contributed by atoms with van der Waals surface area (Å²) in [6.07, 6.45) is 0.133. The van der Waals surface area contributed by atoms with Crippen LogP contribution in [-0.2, 0) is 14.9 Å². The van der Waals surface area contributed by atoms with E-state index in [1.165, 1.54) is 8.61 Å². The zero-order chi connectivity index (χ0) is 14.7. The van der Waals surface area contributed by atoms with Crippen LogP contribution in [0.25, 0.3) is 0 Å². The Labute approximate surface area is 115 Å². The van der Waals surface area contributed by atoms with Gasteiger partial charge in [-0.05, 0) is 26.8 Å². The third kappa shape index (κ3) is 4.37. The van der Waals surface area contributed by atoms with E-state index in [0.717, 1.165) is 0 Å². The van der Waals surface area contributed by atoms with Crippen LogP contribution in [0.1, 0.15) is 20.3 Å². The lowest BCUT2D eigenvalue weighted by molar-refractivity contribution is -0.132. The van der Waals surface area contributed by atoms with Crippen molar-refractivity contribution in [3.8, 4) is 0 Å². The molecule has 8 heteroatoms. The van der Waals surface area contributed by atoms with Crippen molar-refractivity contribution in [2.45, 2.75) is 32.0 Å². The van der Waals surface area contributed by atoms with Gasteiger partial charge in [0.15, 0.2) is 0 Å². The topological polar surface area (TPSA) is 96.1 Å². The number of aliphatic hydroxyl groups excluding tert-OH is 1. The summed E-state index contributed by atoms with van der Waals surface area (Å²) >= 11 is 0. The Bertz CT molecular complexity index is 385. The monoisotopic (exact) mass is 295 g/mol. The molecule has 114 valence electrons. The minimum Gasteiger partial charge on any atom is -0.394 e. The quantitative estimate of drug-likeness (QED) is 0.654. The van der Waals surface area contributed by atoms with Crippen molar-refractivity contribution in [1.82, 2.24) is 8.61 Å². The zero-order valence-corrected chi connectivity index (χ0v) is 12.7. The summed E-state index contributed by atoms with van der Waals surface area (Å²) in [5.41, 5.74) is 4.79. The van der Waals surface area contributed by atoms with Crippen LogP contribution in [0.2, 0.25) is 0 Å². The Balaban J connectivity index is 2.81. The molecule has 1 aliphatic heterocycles. The van der Waals surface area contributed by atoms with Crippen molar-refractivity contribution in [2.75, 3.05) is 39.8 Å². The van der Waals surface area contributed by atoms with Crippen molar-refractivity contribution in [3.63, 3.8) is 0 Å². The minimum absolute atomic E-state index is 0.176. The van der Waals surface area contributed by atoms with Gasteiger partial charge in [0.1, 0.15) is 0 Å². The molecule has 0 saturated carbocycles. The van der Waals surface area contributed by atoms with E-state index in [9.17, 15) is 13.5 Å². The van der Waals surface area contributed by atoms with E-state index >= 15 is 0 Å². The van der Waals surface area contributed by atoms with Gasteiger partial charge in [-0.1, -0.05) is 0 Å². The molecule has 0 aromatic rings. The second kappa shape index (κ2) is 6.47. The number of aliphatic hydroxyl groups is 1. The fourth-order valence-corrected chi connectivity index (χ4v) is 3.72. The Kier molecular flexibility index (Phi) is 5.72. The van der Waals surface area contributed by atoms with Gasteiger partial charge in [0.2, 0.25) is 0 Å². The number of hydrogen-bond donors (Lipinski definition) is 2. The molecule has 1 atom stereocenters. The summed E-state index contributed by atoms with van der Waals surface area (Å²) in [5.74, 6) is 0. The van der Waals surface area contributed by atoms with Crippen molar-refractivity contribution in [2.24, 2.45) is 5.73 Å². The highest BCUT2D eigenvalue weighted by Crippen LogP contribution is 2.24. The van der Waals surface area contributed by atoms with E-state index in [2.05, 4.69) is 0 Å². The van der Waals surface area contributed by atoms with Gasteiger partial charge in [-0.3, -0.25) is 0 Å². The van der Waals surface area contributed by atoms with Crippen LogP contribution in [0, 0.1) is 0 Å². The van der Waals surface area contributed by atoms with Gasteiger partial charge in [0.05, 0.1) is 18.3 Å². The van der Waals surface area contributed by atoms with Crippen molar-refractivity contribution >= 4 is 10.2 Å². The summed E-state index contributed by atoms with van der Waals surface area (Å²) in [6, 6.07) is 0. The molecule has 0 bridgehead atoms. The third-order valence-electron chi connectivity index (χ3n) is 3.05. The van der Waals surface area contributed by atoms with Gasteiger partial charge in [-0.2, -0.15) is 17.0 Å². The second-order valence-corrected chi connectivity index (χ2v) is 7.48. The highest BCUT2D eigenvalue weighted by molar-refractivity contribution is 7.86. The van der Waals surface area contributed by atoms with Crippen molar-refractivity contribution < 1.29 is 18.3 Å². The van der Waals surface area contributed by atoms with Crippen molar-refractivity contribution in [3.05, 3.63) is 0 Å². The van der Waals surface area contributed by atoms with Crippen LogP contribution >= 0.6 is 0 Å². The fourth-order valence-electron chi connectivity index (χ4n) is 2.14. The first kappa shape index (κ1) is 16.8. The molecule has 7 nitrogen and oxygen atoms in total. The van der Waals surface area contributed by atoms with Gasteiger partial charge in [0.25, 0.3) is 10.2 Å². The van der Waals surface area contributed by atoms with Crippen LogP contribution in [0.3, 0.4) is 0 Å². The van der Waals surface area contributed by atoms with E-state index in [-0.39, 0.29) is 19.7 Å². The number of ether oxygens (including phenoxy) is 1. The SMILES string of the molecule is CN(CCCN)S(=O)(=O)N1CC(CO)OC(C)(C)C1. The first-order chi connectivity index (χ1) is 8.73. The maximum absolute atomic E-state index is 12.4. The smallest absolute Gasteiger partial charge is 0.281 e. The first-order valence-electron chi connectivity index (χ1n) is 6.43. The Morgan fingerprint density at radius 1 is 1.53 bits per heavy atom. The fraction of sp³-hybridized carbons (Fsp3) is 1.00. The average Bonchev–Trinajstić information content (AvgIpc) is 2.33. The number of nitrogens with two attached hydrogens (primary N) is 1. The van der Waals surface area contributed by atoms with E-state index in [4.69, 9.17) is 10.5 Å². The maximum atomic E-state index is 12.4. The molecule has 1 rings (SSSR count). The molecule has 19 heavy (non-hydrogen) atoms. The van der Waals surface area contributed by atoms with E-state index < -0.39 is 21.9 Å². The normalized spacial score (nSPS) is 24.8. The molecule has 1 heterocycles. The van der Waals surface area contributed by atoms with Gasteiger partial charge < -0.3 is 15.6 Å². The molecule has 3 N–H and O–H groups in total. The first-order valence-corrected chi connectivity index (χ1v) is 7.83. The van der Waals surface area contributed by atoms with Crippen molar-refractivity contribution in [1.29, 1.82) is 0 Å². The Morgan fingerprint density at radius 2 is 2.16 bits per heavy atom. The lowest BCUT2D eigenvalue weighted by atomic mass is 10.1. The summed E-state index contributed by atoms with van der Waals surface area (Å²) in [6.45, 7) is 4.73. The molecule has 0 aromatic heterocycles. The average molecular weight is 295 g/mol. The molecule has 1 aliphatic rings. The Morgan fingerprint density at radius 3 is 2.68 bits per heavy atom. The van der Waals surface area contributed by atoms with Crippen LogP contribution in [-0.4, -0.2) is 73.7 Å². The van der Waals surface area contributed by atoms with Crippen LogP contribution < -0.4 is 5.73 Å². The standard InChI is InChI=1S/C11H25N3O4S/c1-11(2)9-14(7-10(8-15)18-11)19(16,17)13(3)6-4-5-12/h10,15H,4-9,12H2,1-3H3. The summed E-state index contributed by atoms with van der Waals surface area (Å²) in [4.78, 5) is 0. The molecule has 0 spiro atoms. The number of hydrogen-bond acceptors (Lipinski definition) is 5. The maximum Gasteiger partial charge on any atom is 0.281 e. The highest BCUT2D eigenvalue weighted by Gasteiger charge is 2.39. The largest absolute Gasteiger partial charge is 0.394 e. The summed E-state index contributed by atoms with van der Waals surface area (Å²) in [7, 11) is -1.99. The zero-order valence-electron chi connectivity index (χ0n) is 11.9. The lowest BCUT2D eigenvalue weighted by Gasteiger charge is -2.42. The number of nitrogens with zero attached hydrogens (tertiary/aromatic N) is 2. The van der Waals surface area contributed by atoms with Gasteiger partial charge in [-0.25, -0.2) is 0 Å². The van der Waals surface area contributed by atoms with Gasteiger partial charge >= 0.3 is 0 Å². The molecule has 0 amide bonds. The molecule has 1 saturated heterocycles. The van der Waals surface area contributed by atoms with Crippen LogP contribution in [0.5, 0.6) is 0 Å². The molecule has 0 aliphatic carbocycles. The summed E-state index contributed by atoms with van der Waals surface area (Å²) in [5, 5.41) is 9.21. The predicted molar refractivity (Wildman–Crippen MR) is 72.8 cm³/mol. The lowest BCUT2D eigenvalue weighted by Crippen LogP contribution is -2.58. The molecular weight excluding hydrogens is 270 g/mol. The van der Waals surface area contributed by atoms with Gasteiger partial charge in [-0.15, -0.1) is 0 Å². The number of morpholine rings is 1. The van der Waals surface area contributed by atoms with Crippen LogP contribution in [0.15, 0.2) is 0 Å². The molecule has 0 radical (unpaired) electrons. The molecule has 1 fully saturated rings. The molecule has 1 unspecified atom stereocenters. The number of rotatable bonds is 6. The summed E-state index contributed by atoms with van der Waals surface area (Å²) < 4.78 is 33.1. The second-order valence-electron chi connectivity index (χ2n) is 5.45. The van der Waals surface area contributed by atoms with Gasteiger partial charge in [0, 0.05) is 26.7 Å². The Hall–Kier alpha value is -0.250. The van der Waals surface area contributed by atoms with Crippen LogP contribution in [0.4, 0.5) is 0 Å². The molecular formula is C11H25N3O4S. The molecule has 0 aromatic carbocycles. The van der Waals surface area contributed by atoms with E-state index in [1.807, 2.05) is 13.8 Å². The highest BCUT2D eigenvalue weighted by atomic mass is 32.2. The minimum atomic E-state index is -3.53.